The average molecular weight is 343 g/mol. The molecule has 0 unspecified atom stereocenters. The van der Waals surface area contributed by atoms with E-state index >= 15 is 0 Å². The Morgan fingerprint density at radius 1 is 0.923 bits per heavy atom. The number of hydrogen-bond acceptors (Lipinski definition) is 2. The van der Waals surface area contributed by atoms with Crippen LogP contribution in [-0.4, -0.2) is 4.98 Å². The molecule has 1 aromatic heterocycles. The highest BCUT2D eigenvalue weighted by Gasteiger charge is 2.14. The van der Waals surface area contributed by atoms with E-state index < -0.39 is 0 Å². The molecule has 4 rings (SSSR count). The SMILES string of the molecule is Cc1cccc(C)c1-c1cccc(COc2cc3c(cn2)CCC3)c1C. The van der Waals surface area contributed by atoms with Crippen LogP contribution in [0.5, 0.6) is 5.88 Å². The van der Waals surface area contributed by atoms with E-state index in [2.05, 4.69) is 68.2 Å². The summed E-state index contributed by atoms with van der Waals surface area (Å²) >= 11 is 0. The van der Waals surface area contributed by atoms with Crippen LogP contribution in [0.15, 0.2) is 48.7 Å². The van der Waals surface area contributed by atoms with Gasteiger partial charge in [0, 0.05) is 12.3 Å². The van der Waals surface area contributed by atoms with Crippen LogP contribution in [0.3, 0.4) is 0 Å². The zero-order chi connectivity index (χ0) is 18.1. The second-order valence-corrected chi connectivity index (χ2v) is 7.29. The van der Waals surface area contributed by atoms with Gasteiger partial charge in [0.15, 0.2) is 0 Å². The number of aromatic nitrogens is 1. The minimum absolute atomic E-state index is 0.552. The third-order valence-electron chi connectivity index (χ3n) is 5.52. The number of nitrogens with zero attached hydrogens (tertiary/aromatic N) is 1. The van der Waals surface area contributed by atoms with E-state index in [9.17, 15) is 0 Å². The highest BCUT2D eigenvalue weighted by atomic mass is 16.5. The number of hydrogen-bond donors (Lipinski definition) is 0. The second-order valence-electron chi connectivity index (χ2n) is 7.29. The number of aryl methyl sites for hydroxylation is 4. The first kappa shape index (κ1) is 16.8. The van der Waals surface area contributed by atoms with Crippen molar-refractivity contribution in [1.82, 2.24) is 4.98 Å². The van der Waals surface area contributed by atoms with Gasteiger partial charge in [0.1, 0.15) is 6.61 Å². The zero-order valence-corrected chi connectivity index (χ0v) is 15.8. The molecule has 0 bridgehead atoms. The Morgan fingerprint density at radius 2 is 1.65 bits per heavy atom. The Balaban J connectivity index is 1.60. The first-order chi connectivity index (χ1) is 12.6. The molecule has 0 amide bonds. The first-order valence-corrected chi connectivity index (χ1v) is 9.39. The molecule has 1 aliphatic rings. The lowest BCUT2D eigenvalue weighted by Crippen LogP contribution is -2.02. The van der Waals surface area contributed by atoms with Crippen molar-refractivity contribution in [1.29, 1.82) is 0 Å². The fourth-order valence-electron chi connectivity index (χ4n) is 4.01. The standard InChI is InChI=1S/C24H25NO/c1-16-7-4-8-17(2)24(16)22-12-6-11-21(18(22)3)15-26-23-13-19-9-5-10-20(19)14-25-23/h4,6-8,11-14H,5,9-10,15H2,1-3H3. The van der Waals surface area contributed by atoms with E-state index in [-0.39, 0.29) is 0 Å². The highest BCUT2D eigenvalue weighted by Crippen LogP contribution is 2.32. The lowest BCUT2D eigenvalue weighted by atomic mass is 9.91. The fourth-order valence-corrected chi connectivity index (χ4v) is 4.01. The molecule has 0 saturated heterocycles. The molecule has 3 aromatic rings. The average Bonchev–Trinajstić information content (AvgIpc) is 3.09. The molecular formula is C24H25NO. The summed E-state index contributed by atoms with van der Waals surface area (Å²) in [5.74, 6) is 0.738. The molecule has 2 nitrogen and oxygen atoms in total. The summed E-state index contributed by atoms with van der Waals surface area (Å²) in [6.45, 7) is 7.10. The third kappa shape index (κ3) is 3.12. The monoisotopic (exact) mass is 343 g/mol. The van der Waals surface area contributed by atoms with Gasteiger partial charge < -0.3 is 4.74 Å². The topological polar surface area (TPSA) is 22.1 Å². The number of pyridine rings is 1. The molecule has 0 aliphatic heterocycles. The van der Waals surface area contributed by atoms with Gasteiger partial charge in [-0.25, -0.2) is 4.98 Å². The van der Waals surface area contributed by atoms with Gasteiger partial charge in [0.05, 0.1) is 0 Å². The summed E-state index contributed by atoms with van der Waals surface area (Å²) in [6.07, 6.45) is 5.52. The van der Waals surface area contributed by atoms with Crippen molar-refractivity contribution in [3.8, 4) is 17.0 Å². The summed E-state index contributed by atoms with van der Waals surface area (Å²) in [5, 5.41) is 0. The maximum Gasteiger partial charge on any atom is 0.213 e. The predicted octanol–water partition coefficient (Wildman–Crippen LogP) is 5.74. The second kappa shape index (κ2) is 6.95. The van der Waals surface area contributed by atoms with Crippen molar-refractivity contribution in [2.45, 2.75) is 46.6 Å². The maximum atomic E-state index is 6.04. The third-order valence-corrected chi connectivity index (χ3v) is 5.52. The van der Waals surface area contributed by atoms with Crippen LogP contribution in [-0.2, 0) is 19.4 Å². The minimum atomic E-state index is 0.552. The maximum absolute atomic E-state index is 6.04. The Bertz CT molecular complexity index is 938. The van der Waals surface area contributed by atoms with Crippen LogP contribution in [0.2, 0.25) is 0 Å². The van der Waals surface area contributed by atoms with Gasteiger partial charge in [-0.1, -0.05) is 36.4 Å². The lowest BCUT2D eigenvalue weighted by Gasteiger charge is -2.16. The van der Waals surface area contributed by atoms with Gasteiger partial charge in [0.2, 0.25) is 5.88 Å². The molecule has 1 heterocycles. The van der Waals surface area contributed by atoms with Crippen LogP contribution >= 0.6 is 0 Å². The van der Waals surface area contributed by atoms with E-state index in [0.29, 0.717) is 6.61 Å². The van der Waals surface area contributed by atoms with Gasteiger partial charge in [-0.3, -0.25) is 0 Å². The van der Waals surface area contributed by atoms with Crippen molar-refractivity contribution in [3.05, 3.63) is 82.0 Å². The van der Waals surface area contributed by atoms with Crippen molar-refractivity contribution in [2.24, 2.45) is 0 Å². The van der Waals surface area contributed by atoms with Crippen LogP contribution in [0, 0.1) is 20.8 Å². The Hall–Kier alpha value is -2.61. The number of fused-ring (bicyclic) bond motifs is 1. The number of rotatable bonds is 4. The molecule has 132 valence electrons. The number of benzene rings is 2. The molecule has 26 heavy (non-hydrogen) atoms. The fraction of sp³-hybridized carbons (Fsp3) is 0.292. The lowest BCUT2D eigenvalue weighted by molar-refractivity contribution is 0.293. The Labute approximate surface area is 155 Å². The highest BCUT2D eigenvalue weighted by molar-refractivity contribution is 5.74. The van der Waals surface area contributed by atoms with Gasteiger partial charge in [0.25, 0.3) is 0 Å². The van der Waals surface area contributed by atoms with E-state index in [0.717, 1.165) is 18.7 Å². The number of ether oxygens (including phenoxy) is 1. The summed E-state index contributed by atoms with van der Waals surface area (Å²) < 4.78 is 6.04. The van der Waals surface area contributed by atoms with E-state index in [1.165, 1.54) is 50.9 Å². The van der Waals surface area contributed by atoms with Gasteiger partial charge in [-0.15, -0.1) is 0 Å². The van der Waals surface area contributed by atoms with Crippen LogP contribution in [0.1, 0.15) is 39.8 Å². The molecule has 1 aliphatic carbocycles. The van der Waals surface area contributed by atoms with Crippen molar-refractivity contribution in [3.63, 3.8) is 0 Å². The van der Waals surface area contributed by atoms with Crippen molar-refractivity contribution >= 4 is 0 Å². The molecule has 0 saturated carbocycles. The van der Waals surface area contributed by atoms with Gasteiger partial charge in [-0.2, -0.15) is 0 Å². The van der Waals surface area contributed by atoms with Crippen molar-refractivity contribution in [2.75, 3.05) is 0 Å². The molecule has 0 atom stereocenters. The minimum Gasteiger partial charge on any atom is -0.473 e. The van der Waals surface area contributed by atoms with Gasteiger partial charge >= 0.3 is 0 Å². The van der Waals surface area contributed by atoms with E-state index in [4.69, 9.17) is 4.74 Å². The van der Waals surface area contributed by atoms with Crippen molar-refractivity contribution < 1.29 is 4.74 Å². The Morgan fingerprint density at radius 3 is 2.46 bits per heavy atom. The molecule has 0 fully saturated rings. The quantitative estimate of drug-likeness (QED) is 0.602. The van der Waals surface area contributed by atoms with Crippen LogP contribution in [0.25, 0.3) is 11.1 Å². The van der Waals surface area contributed by atoms with Crippen LogP contribution in [0.4, 0.5) is 0 Å². The first-order valence-electron chi connectivity index (χ1n) is 9.39. The molecule has 2 heteroatoms. The van der Waals surface area contributed by atoms with Crippen LogP contribution < -0.4 is 4.74 Å². The zero-order valence-electron chi connectivity index (χ0n) is 15.8. The molecule has 0 radical (unpaired) electrons. The molecule has 0 spiro atoms. The normalized spacial score (nSPS) is 12.9. The summed E-state index contributed by atoms with van der Waals surface area (Å²) in [7, 11) is 0. The van der Waals surface area contributed by atoms with Gasteiger partial charge in [-0.05, 0) is 84.5 Å². The summed E-state index contributed by atoms with van der Waals surface area (Å²) in [4.78, 5) is 4.48. The molecular weight excluding hydrogens is 318 g/mol. The molecule has 2 aromatic carbocycles. The predicted molar refractivity (Wildman–Crippen MR) is 107 cm³/mol. The smallest absolute Gasteiger partial charge is 0.213 e. The Kier molecular flexibility index (Phi) is 4.50. The van der Waals surface area contributed by atoms with E-state index in [1.54, 1.807) is 0 Å². The largest absolute Gasteiger partial charge is 0.473 e. The van der Waals surface area contributed by atoms with E-state index in [1.807, 2.05) is 6.20 Å². The summed E-state index contributed by atoms with van der Waals surface area (Å²) in [5.41, 5.74) is 10.5. The molecule has 0 N–H and O–H groups in total. The summed E-state index contributed by atoms with van der Waals surface area (Å²) in [6, 6.07) is 15.1.